The molecule has 1 unspecified atom stereocenters. The Hall–Kier alpha value is -2.62. The molecule has 0 radical (unpaired) electrons. The summed E-state index contributed by atoms with van der Waals surface area (Å²) in [7, 11) is 0. The minimum Gasteiger partial charge on any atom is -0.326 e. The molecule has 2 aromatic carbocycles. The van der Waals surface area contributed by atoms with Gasteiger partial charge in [-0.15, -0.1) is 0 Å². The SMILES string of the molecule is CCc1cccc(C)c1NC(=O)C1CC(=O)Nc2ccccc21. The monoisotopic (exact) mass is 308 g/mol. The van der Waals surface area contributed by atoms with Crippen molar-refractivity contribution in [3.8, 4) is 0 Å². The summed E-state index contributed by atoms with van der Waals surface area (Å²) in [5, 5.41) is 5.87. The number of carbonyl (C=O) groups is 2. The zero-order valence-electron chi connectivity index (χ0n) is 13.3. The van der Waals surface area contributed by atoms with Crippen LogP contribution in [0.15, 0.2) is 42.5 Å². The molecule has 0 spiro atoms. The van der Waals surface area contributed by atoms with E-state index in [1.165, 1.54) is 0 Å². The van der Waals surface area contributed by atoms with Gasteiger partial charge >= 0.3 is 0 Å². The minimum atomic E-state index is -0.454. The minimum absolute atomic E-state index is 0.121. The average molecular weight is 308 g/mol. The van der Waals surface area contributed by atoms with Gasteiger partial charge < -0.3 is 10.6 Å². The lowest BCUT2D eigenvalue weighted by Gasteiger charge is -2.25. The highest BCUT2D eigenvalue weighted by molar-refractivity contribution is 6.05. The Balaban J connectivity index is 1.92. The fraction of sp³-hybridized carbons (Fsp3) is 0.263. The van der Waals surface area contributed by atoms with Crippen LogP contribution in [0.5, 0.6) is 0 Å². The third-order valence-corrected chi connectivity index (χ3v) is 4.30. The van der Waals surface area contributed by atoms with Crippen molar-refractivity contribution in [2.24, 2.45) is 0 Å². The topological polar surface area (TPSA) is 58.2 Å². The molecule has 1 heterocycles. The number of rotatable bonds is 3. The van der Waals surface area contributed by atoms with Crippen LogP contribution in [0.25, 0.3) is 0 Å². The molecule has 1 aliphatic rings. The summed E-state index contributed by atoms with van der Waals surface area (Å²) in [6, 6.07) is 13.5. The van der Waals surface area contributed by atoms with Crippen LogP contribution < -0.4 is 10.6 Å². The first-order chi connectivity index (χ1) is 11.1. The quantitative estimate of drug-likeness (QED) is 0.910. The molecule has 4 nitrogen and oxygen atoms in total. The number of nitrogens with one attached hydrogen (secondary N) is 2. The maximum Gasteiger partial charge on any atom is 0.232 e. The molecule has 1 aliphatic heterocycles. The van der Waals surface area contributed by atoms with E-state index in [1.807, 2.05) is 49.4 Å². The molecule has 2 N–H and O–H groups in total. The summed E-state index contributed by atoms with van der Waals surface area (Å²) < 4.78 is 0. The lowest BCUT2D eigenvalue weighted by atomic mass is 9.89. The number of anilines is 2. The van der Waals surface area contributed by atoms with Crippen LogP contribution in [0.4, 0.5) is 11.4 Å². The van der Waals surface area contributed by atoms with Crippen molar-refractivity contribution >= 4 is 23.2 Å². The summed E-state index contributed by atoms with van der Waals surface area (Å²) in [4.78, 5) is 24.7. The molecule has 118 valence electrons. The number of para-hydroxylation sites is 2. The zero-order chi connectivity index (χ0) is 16.4. The molecule has 0 bridgehead atoms. The molecular formula is C19H20N2O2. The van der Waals surface area contributed by atoms with Crippen LogP contribution in [-0.2, 0) is 16.0 Å². The summed E-state index contributed by atoms with van der Waals surface area (Å²) >= 11 is 0. The fourth-order valence-electron chi connectivity index (χ4n) is 3.06. The van der Waals surface area contributed by atoms with E-state index in [0.29, 0.717) is 0 Å². The van der Waals surface area contributed by atoms with Gasteiger partial charge in [-0.1, -0.05) is 43.3 Å². The molecule has 2 aromatic rings. The Morgan fingerprint density at radius 3 is 2.78 bits per heavy atom. The van der Waals surface area contributed by atoms with E-state index in [0.717, 1.165) is 34.5 Å². The Morgan fingerprint density at radius 1 is 1.22 bits per heavy atom. The average Bonchev–Trinajstić information content (AvgIpc) is 2.55. The number of fused-ring (bicyclic) bond motifs is 1. The van der Waals surface area contributed by atoms with Gasteiger partial charge in [-0.25, -0.2) is 0 Å². The highest BCUT2D eigenvalue weighted by Gasteiger charge is 2.30. The van der Waals surface area contributed by atoms with E-state index < -0.39 is 5.92 Å². The number of amides is 2. The number of aryl methyl sites for hydroxylation is 2. The van der Waals surface area contributed by atoms with Gasteiger partial charge in [0.05, 0.1) is 5.92 Å². The first-order valence-corrected chi connectivity index (χ1v) is 7.88. The number of hydrogen-bond acceptors (Lipinski definition) is 2. The summed E-state index contributed by atoms with van der Waals surface area (Å²) in [6.07, 6.45) is 1.02. The predicted octanol–water partition coefficient (Wildman–Crippen LogP) is 3.62. The largest absolute Gasteiger partial charge is 0.326 e. The van der Waals surface area contributed by atoms with Crippen LogP contribution in [0.3, 0.4) is 0 Å². The first kappa shape index (κ1) is 15.3. The Morgan fingerprint density at radius 2 is 2.00 bits per heavy atom. The Bertz CT molecular complexity index is 768. The van der Waals surface area contributed by atoms with Crippen LogP contribution >= 0.6 is 0 Å². The van der Waals surface area contributed by atoms with Crippen molar-refractivity contribution in [1.29, 1.82) is 0 Å². The predicted molar refractivity (Wildman–Crippen MR) is 91.6 cm³/mol. The van der Waals surface area contributed by atoms with Crippen molar-refractivity contribution in [1.82, 2.24) is 0 Å². The van der Waals surface area contributed by atoms with Gasteiger partial charge in [0.2, 0.25) is 11.8 Å². The standard InChI is InChI=1S/C19H20N2O2/c1-3-13-8-6-7-12(2)18(13)21-19(23)15-11-17(22)20-16-10-5-4-9-14(15)16/h4-10,15H,3,11H2,1-2H3,(H,20,22)(H,21,23). The second kappa shape index (κ2) is 6.24. The zero-order valence-corrected chi connectivity index (χ0v) is 13.3. The van der Waals surface area contributed by atoms with Gasteiger partial charge in [0.15, 0.2) is 0 Å². The summed E-state index contributed by atoms with van der Waals surface area (Å²) in [5.41, 5.74) is 4.60. The molecule has 0 aliphatic carbocycles. The van der Waals surface area contributed by atoms with E-state index >= 15 is 0 Å². The fourth-order valence-corrected chi connectivity index (χ4v) is 3.06. The number of carbonyl (C=O) groups excluding carboxylic acids is 2. The summed E-state index contributed by atoms with van der Waals surface area (Å²) in [6.45, 7) is 4.05. The van der Waals surface area contributed by atoms with E-state index in [2.05, 4.69) is 17.6 Å². The molecule has 0 fully saturated rings. The van der Waals surface area contributed by atoms with Crippen LogP contribution in [0, 0.1) is 6.92 Å². The normalized spacial score (nSPS) is 16.4. The molecule has 23 heavy (non-hydrogen) atoms. The van der Waals surface area contributed by atoms with Gasteiger partial charge in [0.25, 0.3) is 0 Å². The van der Waals surface area contributed by atoms with Crippen molar-refractivity contribution in [2.75, 3.05) is 10.6 Å². The van der Waals surface area contributed by atoms with Gasteiger partial charge in [-0.3, -0.25) is 9.59 Å². The van der Waals surface area contributed by atoms with Gasteiger partial charge in [0, 0.05) is 17.8 Å². The highest BCUT2D eigenvalue weighted by atomic mass is 16.2. The van der Waals surface area contributed by atoms with E-state index in [9.17, 15) is 9.59 Å². The molecule has 2 amide bonds. The van der Waals surface area contributed by atoms with Crippen molar-refractivity contribution in [3.63, 3.8) is 0 Å². The number of hydrogen-bond donors (Lipinski definition) is 2. The van der Waals surface area contributed by atoms with E-state index in [-0.39, 0.29) is 18.2 Å². The Labute approximate surface area is 135 Å². The lowest BCUT2D eigenvalue weighted by molar-refractivity contribution is -0.123. The van der Waals surface area contributed by atoms with Crippen LogP contribution in [-0.4, -0.2) is 11.8 Å². The third-order valence-electron chi connectivity index (χ3n) is 4.30. The number of benzene rings is 2. The van der Waals surface area contributed by atoms with Crippen LogP contribution in [0.1, 0.15) is 36.0 Å². The molecule has 4 heteroatoms. The van der Waals surface area contributed by atoms with Gasteiger partial charge in [-0.05, 0) is 36.1 Å². The second-order valence-electron chi connectivity index (χ2n) is 5.84. The van der Waals surface area contributed by atoms with Gasteiger partial charge in [-0.2, -0.15) is 0 Å². The Kier molecular flexibility index (Phi) is 4.15. The van der Waals surface area contributed by atoms with Gasteiger partial charge in [0.1, 0.15) is 0 Å². The van der Waals surface area contributed by atoms with Crippen molar-refractivity contribution < 1.29 is 9.59 Å². The molecular weight excluding hydrogens is 288 g/mol. The van der Waals surface area contributed by atoms with Crippen LogP contribution in [0.2, 0.25) is 0 Å². The van der Waals surface area contributed by atoms with E-state index in [1.54, 1.807) is 0 Å². The third kappa shape index (κ3) is 2.97. The molecule has 0 saturated heterocycles. The maximum atomic E-state index is 12.8. The lowest BCUT2D eigenvalue weighted by Crippen LogP contribution is -2.31. The molecule has 1 atom stereocenters. The van der Waals surface area contributed by atoms with Crippen molar-refractivity contribution in [2.45, 2.75) is 32.6 Å². The molecule has 3 rings (SSSR count). The maximum absolute atomic E-state index is 12.8. The molecule has 0 aromatic heterocycles. The highest BCUT2D eigenvalue weighted by Crippen LogP contribution is 2.33. The van der Waals surface area contributed by atoms with E-state index in [4.69, 9.17) is 0 Å². The van der Waals surface area contributed by atoms with Crippen molar-refractivity contribution in [3.05, 3.63) is 59.2 Å². The second-order valence-corrected chi connectivity index (χ2v) is 5.84. The smallest absolute Gasteiger partial charge is 0.232 e. The molecule has 0 saturated carbocycles. The first-order valence-electron chi connectivity index (χ1n) is 7.88. The summed E-state index contributed by atoms with van der Waals surface area (Å²) in [5.74, 6) is -0.704.